The van der Waals surface area contributed by atoms with Crippen LogP contribution in [0.4, 0.5) is 14.7 Å². The summed E-state index contributed by atoms with van der Waals surface area (Å²) in [4.78, 5) is 23.2. The average Bonchev–Trinajstić information content (AvgIpc) is 3.13. The number of anilines is 1. The Labute approximate surface area is 170 Å². The molecule has 10 heteroatoms. The lowest BCUT2D eigenvalue weighted by atomic mass is 9.80. The van der Waals surface area contributed by atoms with Gasteiger partial charge in [-0.3, -0.25) is 4.79 Å². The first-order valence-corrected chi connectivity index (χ1v) is 10.1. The van der Waals surface area contributed by atoms with Crippen molar-refractivity contribution in [3.63, 3.8) is 0 Å². The van der Waals surface area contributed by atoms with Gasteiger partial charge >= 0.3 is 0 Å². The monoisotopic (exact) mass is 416 g/mol. The minimum atomic E-state index is -0.810. The van der Waals surface area contributed by atoms with Gasteiger partial charge in [-0.15, -0.1) is 5.10 Å². The second-order valence-corrected chi connectivity index (χ2v) is 8.40. The minimum Gasteiger partial charge on any atom is -0.393 e. The molecule has 2 atom stereocenters. The number of benzene rings is 1. The highest BCUT2D eigenvalue weighted by atomic mass is 19.1. The molecular weight excluding hydrogens is 394 g/mol. The molecule has 2 fully saturated rings. The van der Waals surface area contributed by atoms with Crippen LogP contribution in [-0.2, 0) is 4.79 Å². The number of nitrogens with two attached hydrogens (primary N) is 1. The number of hydrogen-bond donors (Lipinski definition) is 2. The number of amides is 1. The Bertz CT molecular complexity index is 1160. The molecular formula is C20H22F2N6O2. The molecule has 30 heavy (non-hydrogen) atoms. The number of nitrogen functional groups attached to an aromatic ring is 1. The second-order valence-electron chi connectivity index (χ2n) is 8.40. The van der Waals surface area contributed by atoms with Gasteiger partial charge in [0.25, 0.3) is 0 Å². The molecule has 3 heterocycles. The molecule has 2 aromatic heterocycles. The molecule has 3 aromatic rings. The fourth-order valence-electron chi connectivity index (χ4n) is 4.50. The normalized spacial score (nSPS) is 26.9. The van der Waals surface area contributed by atoms with E-state index in [0.717, 1.165) is 18.9 Å². The van der Waals surface area contributed by atoms with Crippen LogP contribution in [0.25, 0.3) is 16.6 Å². The van der Waals surface area contributed by atoms with Crippen molar-refractivity contribution in [2.45, 2.75) is 50.7 Å². The van der Waals surface area contributed by atoms with Gasteiger partial charge in [0.1, 0.15) is 11.3 Å². The molecule has 8 nitrogen and oxygen atoms in total. The molecule has 1 aliphatic carbocycles. The zero-order valence-electron chi connectivity index (χ0n) is 16.4. The lowest BCUT2D eigenvalue weighted by Gasteiger charge is -2.42. The third kappa shape index (κ3) is 2.97. The minimum absolute atomic E-state index is 0.0395. The van der Waals surface area contributed by atoms with Crippen LogP contribution in [0, 0.1) is 17.6 Å². The maximum Gasteiger partial charge on any atom is 0.226 e. The maximum absolute atomic E-state index is 14.2. The molecule has 0 radical (unpaired) electrons. The van der Waals surface area contributed by atoms with Crippen molar-refractivity contribution in [2.75, 3.05) is 12.3 Å². The Morgan fingerprint density at radius 1 is 1.23 bits per heavy atom. The van der Waals surface area contributed by atoms with Gasteiger partial charge in [0.15, 0.2) is 17.3 Å². The van der Waals surface area contributed by atoms with Gasteiger partial charge in [-0.05, 0) is 38.7 Å². The predicted octanol–water partition coefficient (Wildman–Crippen LogP) is 2.00. The number of nitrogens with zero attached hydrogens (tertiary/aromatic N) is 5. The van der Waals surface area contributed by atoms with Crippen LogP contribution in [0.3, 0.4) is 0 Å². The molecule has 1 amide bonds. The van der Waals surface area contributed by atoms with Crippen LogP contribution in [-0.4, -0.2) is 54.2 Å². The highest BCUT2D eigenvalue weighted by Crippen LogP contribution is 2.35. The summed E-state index contributed by atoms with van der Waals surface area (Å²) >= 11 is 0. The number of carbonyl (C=O) groups is 1. The number of aliphatic hydroxyl groups excluding tert-OH is 1. The van der Waals surface area contributed by atoms with Gasteiger partial charge in [0.05, 0.1) is 11.5 Å². The number of fused-ring (bicyclic) bond motifs is 3. The molecule has 1 aromatic carbocycles. The van der Waals surface area contributed by atoms with E-state index in [0.29, 0.717) is 25.2 Å². The fraction of sp³-hybridized carbons (Fsp3) is 0.500. The zero-order chi connectivity index (χ0) is 21.2. The van der Waals surface area contributed by atoms with E-state index in [-0.39, 0.29) is 52.4 Å². The van der Waals surface area contributed by atoms with E-state index < -0.39 is 11.6 Å². The van der Waals surface area contributed by atoms with Crippen LogP contribution in [0.15, 0.2) is 12.1 Å². The summed E-state index contributed by atoms with van der Waals surface area (Å²) in [6, 6.07) is 2.02. The number of aromatic nitrogens is 4. The van der Waals surface area contributed by atoms with E-state index in [2.05, 4.69) is 15.1 Å². The topological polar surface area (TPSA) is 110 Å². The van der Waals surface area contributed by atoms with E-state index in [1.54, 1.807) is 0 Å². The summed E-state index contributed by atoms with van der Waals surface area (Å²) in [5.74, 6) is -1.31. The van der Waals surface area contributed by atoms with Crippen LogP contribution in [0.2, 0.25) is 0 Å². The SMILES string of the molecule is C[C@H]1CC[C@@H](c2nc3c4cc(F)cc(F)c4nc(N)n3n2)CN1C(=O)C1CC(O)C1. The largest absolute Gasteiger partial charge is 0.393 e. The van der Waals surface area contributed by atoms with Crippen molar-refractivity contribution in [1.29, 1.82) is 0 Å². The standard InChI is InChI=1S/C20H22F2N6O2/c1-9-2-3-10(8-27(9)19(30)11-4-13(29)5-11)17-25-18-14-6-12(21)7-15(22)16(14)24-20(23)28(18)26-17/h6-7,9-11,13,29H,2-5,8H2,1H3,(H2,23,24)/t9-,10+,11?,13?/m0/s1. The Hall–Kier alpha value is -2.88. The maximum atomic E-state index is 14.2. The third-order valence-electron chi connectivity index (χ3n) is 6.33. The van der Waals surface area contributed by atoms with Gasteiger partial charge in [-0.2, -0.15) is 4.52 Å². The first-order chi connectivity index (χ1) is 14.3. The van der Waals surface area contributed by atoms with Gasteiger partial charge in [-0.25, -0.2) is 18.7 Å². The number of aliphatic hydroxyl groups is 1. The van der Waals surface area contributed by atoms with Crippen molar-refractivity contribution in [2.24, 2.45) is 5.92 Å². The molecule has 0 unspecified atom stereocenters. The van der Waals surface area contributed by atoms with Crippen molar-refractivity contribution >= 4 is 28.4 Å². The molecule has 1 aliphatic heterocycles. The Balaban J connectivity index is 1.50. The summed E-state index contributed by atoms with van der Waals surface area (Å²) in [6.45, 7) is 2.47. The molecule has 1 saturated heterocycles. The average molecular weight is 416 g/mol. The summed E-state index contributed by atoms with van der Waals surface area (Å²) in [5, 5.41) is 14.2. The van der Waals surface area contributed by atoms with Gasteiger partial charge in [0.2, 0.25) is 11.9 Å². The zero-order valence-corrected chi connectivity index (χ0v) is 16.4. The lowest BCUT2D eigenvalue weighted by molar-refractivity contribution is -0.146. The number of rotatable bonds is 2. The third-order valence-corrected chi connectivity index (χ3v) is 6.33. The van der Waals surface area contributed by atoms with E-state index in [9.17, 15) is 18.7 Å². The second kappa shape index (κ2) is 6.83. The van der Waals surface area contributed by atoms with E-state index in [4.69, 9.17) is 5.73 Å². The highest BCUT2D eigenvalue weighted by Gasteiger charge is 2.40. The Morgan fingerprint density at radius 2 is 2.00 bits per heavy atom. The van der Waals surface area contributed by atoms with Crippen molar-refractivity contribution < 1.29 is 18.7 Å². The summed E-state index contributed by atoms with van der Waals surface area (Å²) < 4.78 is 29.3. The summed E-state index contributed by atoms with van der Waals surface area (Å²) in [6.07, 6.45) is 2.19. The number of piperidine rings is 1. The number of carbonyl (C=O) groups excluding carboxylic acids is 1. The number of hydrogen-bond acceptors (Lipinski definition) is 6. The van der Waals surface area contributed by atoms with Crippen molar-refractivity contribution in [3.05, 3.63) is 29.6 Å². The van der Waals surface area contributed by atoms with E-state index in [1.165, 1.54) is 10.6 Å². The predicted molar refractivity (Wildman–Crippen MR) is 104 cm³/mol. The first-order valence-electron chi connectivity index (χ1n) is 10.1. The molecule has 0 bridgehead atoms. The van der Waals surface area contributed by atoms with E-state index in [1.807, 2.05) is 11.8 Å². The van der Waals surface area contributed by atoms with Crippen LogP contribution in [0.1, 0.15) is 44.3 Å². The molecule has 5 rings (SSSR count). The van der Waals surface area contributed by atoms with Gasteiger partial charge in [0, 0.05) is 30.5 Å². The number of likely N-dealkylation sites (tertiary alicyclic amines) is 1. The highest BCUT2D eigenvalue weighted by molar-refractivity contribution is 5.92. The smallest absolute Gasteiger partial charge is 0.226 e. The summed E-state index contributed by atoms with van der Waals surface area (Å²) in [7, 11) is 0. The van der Waals surface area contributed by atoms with Gasteiger partial charge < -0.3 is 15.7 Å². The van der Waals surface area contributed by atoms with Crippen molar-refractivity contribution in [1.82, 2.24) is 24.5 Å². The van der Waals surface area contributed by atoms with Crippen LogP contribution >= 0.6 is 0 Å². The molecule has 1 saturated carbocycles. The molecule has 0 spiro atoms. The molecule has 158 valence electrons. The van der Waals surface area contributed by atoms with E-state index >= 15 is 0 Å². The van der Waals surface area contributed by atoms with Crippen LogP contribution < -0.4 is 5.73 Å². The fourth-order valence-corrected chi connectivity index (χ4v) is 4.50. The Kier molecular flexibility index (Phi) is 4.35. The summed E-state index contributed by atoms with van der Waals surface area (Å²) in [5.41, 5.74) is 6.13. The quantitative estimate of drug-likeness (QED) is 0.661. The molecule has 3 N–H and O–H groups in total. The Morgan fingerprint density at radius 3 is 2.73 bits per heavy atom. The van der Waals surface area contributed by atoms with Crippen LogP contribution in [0.5, 0.6) is 0 Å². The van der Waals surface area contributed by atoms with Gasteiger partial charge in [-0.1, -0.05) is 0 Å². The van der Waals surface area contributed by atoms with Crippen molar-refractivity contribution in [3.8, 4) is 0 Å². The number of halogens is 2. The lowest BCUT2D eigenvalue weighted by Crippen LogP contribution is -2.50. The molecule has 2 aliphatic rings. The first kappa shape index (κ1) is 19.1.